The largest absolute Gasteiger partial charge is 0.508 e. The van der Waals surface area contributed by atoms with Gasteiger partial charge in [-0.1, -0.05) is 12.1 Å². The summed E-state index contributed by atoms with van der Waals surface area (Å²) in [6, 6.07) is 4.93. The van der Waals surface area contributed by atoms with E-state index in [4.69, 9.17) is 12.5 Å². The van der Waals surface area contributed by atoms with Crippen LogP contribution in [-0.2, 0) is 0 Å². The Hall–Kier alpha value is -1.06. The molecule has 0 fully saturated rings. The Labute approximate surface area is 84.5 Å². The molecule has 0 heterocycles. The monoisotopic (exact) mass is 176 g/mol. The number of nitrogens with one attached hydrogen (secondary N) is 1. The van der Waals surface area contributed by atoms with Crippen molar-refractivity contribution in [1.82, 2.24) is 5.31 Å². The summed E-state index contributed by atoms with van der Waals surface area (Å²) in [5, 5.41) is 7.90. The van der Waals surface area contributed by atoms with Gasteiger partial charge in [-0.25, -0.2) is 0 Å². The van der Waals surface area contributed by atoms with Crippen molar-refractivity contribution in [2.75, 3.05) is 13.5 Å². The first-order valence-corrected chi connectivity index (χ1v) is 3.18. The lowest BCUT2D eigenvalue weighted by Crippen LogP contribution is -2.16. The minimum absolute atomic E-state index is 0.0533. The minimum atomic E-state index is -3.18. The van der Waals surface area contributed by atoms with Gasteiger partial charge in [0.05, 0.1) is 7.45 Å². The van der Waals surface area contributed by atoms with E-state index in [1.54, 1.807) is 0 Å². The average molecular weight is 176 g/mol. The van der Waals surface area contributed by atoms with Crippen molar-refractivity contribution in [2.45, 2.75) is 6.08 Å². The minimum Gasteiger partial charge on any atom is -0.508 e. The number of hydrogen-bond acceptors (Lipinski definition) is 3. The first-order valence-electron chi connectivity index (χ1n) is 7.44. The highest BCUT2D eigenvalue weighted by molar-refractivity contribution is 5.28. The van der Waals surface area contributed by atoms with Gasteiger partial charge in [0.15, 0.2) is 0 Å². The summed E-state index contributed by atoms with van der Waals surface area (Å²) in [6.45, 7) is -6.33. The van der Waals surface area contributed by atoms with E-state index in [1.807, 2.05) is 0 Å². The maximum atomic E-state index is 7.98. The summed E-state index contributed by atoms with van der Waals surface area (Å²) in [5.41, 5.74) is -0.270. The van der Waals surface area contributed by atoms with E-state index in [0.29, 0.717) is 0 Å². The molecule has 0 amide bonds. The number of likely N-dealkylation sites (N-methyl/N-ethyl adjacent to an activating group) is 1. The summed E-state index contributed by atoms with van der Waals surface area (Å²) < 4.78 is 65.7. The first kappa shape index (κ1) is 2.72. The summed E-state index contributed by atoms with van der Waals surface area (Å²) in [5.74, 6) is -0.0533. The molecule has 0 spiro atoms. The van der Waals surface area contributed by atoms with Crippen LogP contribution >= 0.6 is 0 Å². The highest BCUT2D eigenvalue weighted by atomic mass is 16.3. The molecule has 0 aliphatic heterocycles. The highest BCUT2D eigenvalue weighted by Gasteiger charge is 2.05. The van der Waals surface area contributed by atoms with Gasteiger partial charge >= 0.3 is 0 Å². The molecular weight excluding hydrogens is 154 g/mol. The van der Waals surface area contributed by atoms with E-state index in [-0.39, 0.29) is 11.3 Å². The summed E-state index contributed by atoms with van der Waals surface area (Å²) in [7, 11) is 0. The molecule has 0 aromatic heterocycles. The van der Waals surface area contributed by atoms with Gasteiger partial charge in [-0.05, 0) is 24.7 Å². The molecule has 66 valence electrons. The molecule has 1 atom stereocenters. The Bertz CT molecular complexity index is 494. The van der Waals surface area contributed by atoms with Crippen LogP contribution in [0.25, 0.3) is 0 Å². The number of phenols is 1. The van der Waals surface area contributed by atoms with E-state index in [1.165, 1.54) is 18.2 Å². The fraction of sp³-hybridized carbons (Fsp3) is 0.333. The maximum Gasteiger partial charge on any atom is 0.293 e. The average Bonchev–Trinajstić information content (AvgIpc) is 2.44. The molecule has 3 nitrogen and oxygen atoms in total. The van der Waals surface area contributed by atoms with E-state index in [0.717, 1.165) is 6.07 Å². The quantitative estimate of drug-likeness (QED) is 0.617. The fourth-order valence-corrected chi connectivity index (χ4v) is 0.753. The van der Waals surface area contributed by atoms with E-state index >= 15 is 0 Å². The third kappa shape index (κ3) is 2.22. The Kier molecular flexibility index (Phi) is 0.926. The Morgan fingerprint density at radius 2 is 3.00 bits per heavy atom. The molecule has 0 aliphatic rings. The van der Waals surface area contributed by atoms with E-state index in [2.05, 4.69) is 10.2 Å². The van der Waals surface area contributed by atoms with Crippen molar-refractivity contribution in [2.24, 2.45) is 0 Å². The highest BCUT2D eigenvalue weighted by Crippen LogP contribution is 2.17. The molecule has 0 radical (unpaired) electrons. The van der Waals surface area contributed by atoms with Crippen LogP contribution in [-0.4, -0.2) is 26.6 Å². The van der Waals surface area contributed by atoms with Crippen molar-refractivity contribution in [1.29, 1.82) is 2.86 Å². The number of rotatable bonds is 5. The molecule has 1 aromatic carbocycles. The standard InChI is InChI=1S/C9H13NO2/c1-10-6-9(12)7-3-2-4-8(11)5-7/h2-5,9-12H,6H2,1H3/t9-/m1/s1/i1D3,6D2,9D,12D/hD2. The van der Waals surface area contributed by atoms with Crippen LogP contribution in [0, 0.1) is 0 Å². The van der Waals surface area contributed by atoms with Crippen molar-refractivity contribution in [3.8, 4) is 5.75 Å². The first-order chi connectivity index (χ1) is 9.50. The van der Waals surface area contributed by atoms with Crippen LogP contribution in [0.15, 0.2) is 24.3 Å². The SMILES string of the molecule is [2H]Oc1cccc([C@]([2H])(O[2H])C([2H])([2H])N([2H])C([2H])([2H])[2H])c1. The van der Waals surface area contributed by atoms with Gasteiger partial charge in [-0.15, -0.1) is 0 Å². The topological polar surface area (TPSA) is 52.5 Å². The van der Waals surface area contributed by atoms with Gasteiger partial charge < -0.3 is 15.5 Å². The molecular formula is C9H13NO2. The van der Waals surface area contributed by atoms with Crippen LogP contribution in [0.5, 0.6) is 5.75 Å². The molecule has 0 saturated heterocycles. The van der Waals surface area contributed by atoms with Crippen LogP contribution in [0.4, 0.5) is 0 Å². The zero-order valence-corrected chi connectivity index (χ0v) is 6.07. The lowest BCUT2D eigenvalue weighted by molar-refractivity contribution is 0.177. The van der Waals surface area contributed by atoms with Crippen LogP contribution in [0.3, 0.4) is 0 Å². The van der Waals surface area contributed by atoms with E-state index in [9.17, 15) is 0 Å². The lowest BCUT2D eigenvalue weighted by atomic mass is 10.1. The third-order valence-corrected chi connectivity index (χ3v) is 1.25. The second kappa shape index (κ2) is 4.09. The second-order valence-corrected chi connectivity index (χ2v) is 2.08. The molecule has 0 bridgehead atoms. The molecule has 1 rings (SSSR count). The Morgan fingerprint density at radius 1 is 2.00 bits per heavy atom. The summed E-state index contributed by atoms with van der Waals surface area (Å²) in [4.78, 5) is 0. The van der Waals surface area contributed by atoms with Gasteiger partial charge in [0.2, 0.25) is 1.43 Å². The second-order valence-electron chi connectivity index (χ2n) is 2.08. The maximum absolute atomic E-state index is 7.98. The molecule has 3 N–H and O–H groups in total. The van der Waals surface area contributed by atoms with Gasteiger partial charge in [0.25, 0.3) is 1.43 Å². The predicted octanol–water partition coefficient (Wildman–Crippen LogP) is 0.645. The summed E-state index contributed by atoms with van der Waals surface area (Å²) >= 11 is 0. The third-order valence-electron chi connectivity index (χ3n) is 1.25. The van der Waals surface area contributed by atoms with Crippen LogP contribution in [0.2, 0.25) is 1.41 Å². The Morgan fingerprint density at radius 3 is 3.75 bits per heavy atom. The predicted molar refractivity (Wildman–Crippen MR) is 47.0 cm³/mol. The van der Waals surface area contributed by atoms with Gasteiger partial charge in [-0.2, -0.15) is 0 Å². The zero-order chi connectivity index (χ0) is 16.5. The van der Waals surface area contributed by atoms with Crippen molar-refractivity contribution >= 4 is 0 Å². The van der Waals surface area contributed by atoms with Crippen molar-refractivity contribution in [3.63, 3.8) is 0 Å². The number of benzene rings is 1. The van der Waals surface area contributed by atoms with Gasteiger partial charge in [-0.3, -0.25) is 0 Å². The van der Waals surface area contributed by atoms with Gasteiger partial charge in [0, 0.05) is 13.4 Å². The van der Waals surface area contributed by atoms with Crippen LogP contribution < -0.4 is 5.31 Å². The number of hydrogen-bond donors (Lipinski definition) is 3. The fourth-order valence-electron chi connectivity index (χ4n) is 0.753. The molecule has 0 saturated carbocycles. The molecule has 0 aliphatic carbocycles. The molecule has 1 aromatic rings. The Balaban J connectivity index is 3.36. The van der Waals surface area contributed by atoms with Crippen molar-refractivity contribution in [3.05, 3.63) is 29.8 Å². The normalized spacial score (nSPS) is 28.6. The lowest BCUT2D eigenvalue weighted by Gasteiger charge is -2.09. The molecule has 12 heavy (non-hydrogen) atoms. The van der Waals surface area contributed by atoms with E-state index < -0.39 is 24.9 Å². The van der Waals surface area contributed by atoms with Crippen LogP contribution in [0.1, 0.15) is 19.9 Å². The van der Waals surface area contributed by atoms with Crippen molar-refractivity contribution < 1.29 is 19.9 Å². The molecule has 0 unspecified atom stereocenters. The van der Waals surface area contributed by atoms with Gasteiger partial charge in [0.1, 0.15) is 7.16 Å². The smallest absolute Gasteiger partial charge is 0.293 e. The number of aliphatic hydroxyl groups is 1. The summed E-state index contributed by atoms with van der Waals surface area (Å²) in [6.07, 6.45) is -2.84. The zero-order valence-electron chi connectivity index (χ0n) is 15.1. The number of phenolic OH excluding ortho intramolecular Hbond substituents is 1. The molecule has 3 heteroatoms. The number of aromatic hydroxyl groups is 1.